The molecule has 2 atom stereocenters. The zero-order chi connectivity index (χ0) is 15.7. The van der Waals surface area contributed by atoms with Crippen LogP contribution in [0.5, 0.6) is 0 Å². The van der Waals surface area contributed by atoms with Gasteiger partial charge in [0, 0.05) is 0 Å². The SMILES string of the molecule is O=C(NC1CS(=O)(=O)CC1Cl)OCCOCCOCCO. The molecule has 0 spiro atoms. The van der Waals surface area contributed by atoms with E-state index in [0.717, 1.165) is 0 Å². The summed E-state index contributed by atoms with van der Waals surface area (Å²) in [6, 6.07) is -0.628. The van der Waals surface area contributed by atoms with Gasteiger partial charge in [0.25, 0.3) is 0 Å². The monoisotopic (exact) mass is 345 g/mol. The first kappa shape index (κ1) is 18.4. The van der Waals surface area contributed by atoms with E-state index in [1.54, 1.807) is 0 Å². The van der Waals surface area contributed by atoms with E-state index in [1.807, 2.05) is 0 Å². The highest BCUT2D eigenvalue weighted by molar-refractivity contribution is 7.91. The number of sulfone groups is 1. The average Bonchev–Trinajstić information content (AvgIpc) is 2.65. The van der Waals surface area contributed by atoms with Gasteiger partial charge in [-0.05, 0) is 0 Å². The lowest BCUT2D eigenvalue weighted by atomic mass is 10.3. The number of alkyl halides is 1. The van der Waals surface area contributed by atoms with Crippen molar-refractivity contribution in [3.05, 3.63) is 0 Å². The smallest absolute Gasteiger partial charge is 0.407 e. The fraction of sp³-hybridized carbons (Fsp3) is 0.909. The molecular weight excluding hydrogens is 326 g/mol. The van der Waals surface area contributed by atoms with Crippen LogP contribution in [0.15, 0.2) is 0 Å². The minimum Gasteiger partial charge on any atom is -0.447 e. The molecule has 10 heteroatoms. The Morgan fingerprint density at radius 3 is 2.33 bits per heavy atom. The number of hydrogen-bond acceptors (Lipinski definition) is 7. The minimum absolute atomic E-state index is 0.0399. The zero-order valence-electron chi connectivity index (χ0n) is 11.5. The van der Waals surface area contributed by atoms with Gasteiger partial charge in [-0.25, -0.2) is 13.2 Å². The highest BCUT2D eigenvalue weighted by Gasteiger charge is 2.37. The van der Waals surface area contributed by atoms with E-state index in [1.165, 1.54) is 0 Å². The number of nitrogens with one attached hydrogen (secondary N) is 1. The Morgan fingerprint density at radius 1 is 1.14 bits per heavy atom. The lowest BCUT2D eigenvalue weighted by Gasteiger charge is -2.14. The standard InChI is InChI=1S/C11H20ClNO7S/c12-9-7-21(16,17)8-10(9)13-11(15)20-6-5-19-4-3-18-2-1-14/h9-10,14H,1-8H2,(H,13,15). The molecule has 1 heterocycles. The molecule has 1 amide bonds. The number of aliphatic hydroxyl groups excluding tert-OH is 1. The van der Waals surface area contributed by atoms with E-state index in [2.05, 4.69) is 5.32 Å². The number of carbonyl (C=O) groups excluding carboxylic acids is 1. The molecule has 1 rings (SSSR count). The van der Waals surface area contributed by atoms with Crippen molar-refractivity contribution in [3.8, 4) is 0 Å². The maximum Gasteiger partial charge on any atom is 0.407 e. The summed E-state index contributed by atoms with van der Waals surface area (Å²) >= 11 is 5.85. The largest absolute Gasteiger partial charge is 0.447 e. The Labute approximate surface area is 128 Å². The Hall–Kier alpha value is -0.610. The molecule has 8 nitrogen and oxygen atoms in total. The Kier molecular flexibility index (Phi) is 8.27. The summed E-state index contributed by atoms with van der Waals surface area (Å²) in [7, 11) is -3.19. The van der Waals surface area contributed by atoms with Crippen molar-refractivity contribution in [1.82, 2.24) is 5.32 Å². The summed E-state index contributed by atoms with van der Waals surface area (Å²) in [5.74, 6) is -0.314. The van der Waals surface area contributed by atoms with Gasteiger partial charge in [-0.1, -0.05) is 0 Å². The molecule has 0 aromatic rings. The van der Waals surface area contributed by atoms with Gasteiger partial charge in [-0.2, -0.15) is 0 Å². The van der Waals surface area contributed by atoms with Gasteiger partial charge < -0.3 is 24.6 Å². The van der Waals surface area contributed by atoms with Crippen molar-refractivity contribution in [2.24, 2.45) is 0 Å². The third-order valence-corrected chi connectivity index (χ3v) is 5.03. The highest BCUT2D eigenvalue weighted by Crippen LogP contribution is 2.17. The van der Waals surface area contributed by atoms with Crippen molar-refractivity contribution in [2.45, 2.75) is 11.4 Å². The number of carbonyl (C=O) groups is 1. The predicted octanol–water partition coefficient (Wildman–Crippen LogP) is -0.857. The van der Waals surface area contributed by atoms with E-state index in [-0.39, 0.29) is 37.9 Å². The van der Waals surface area contributed by atoms with Crippen LogP contribution in [0.1, 0.15) is 0 Å². The molecular formula is C11H20ClNO7S. The number of alkyl carbamates (subject to hydrolysis) is 1. The van der Waals surface area contributed by atoms with E-state index in [0.29, 0.717) is 13.2 Å². The second-order valence-corrected chi connectivity index (χ2v) is 7.14. The van der Waals surface area contributed by atoms with Crippen LogP contribution in [0.4, 0.5) is 4.79 Å². The lowest BCUT2D eigenvalue weighted by molar-refractivity contribution is 0.0184. The first-order chi connectivity index (χ1) is 9.94. The van der Waals surface area contributed by atoms with Crippen molar-refractivity contribution >= 4 is 27.5 Å². The molecule has 1 aliphatic rings. The first-order valence-electron chi connectivity index (χ1n) is 6.49. The quantitative estimate of drug-likeness (QED) is 0.413. The van der Waals surface area contributed by atoms with Gasteiger partial charge in [0.15, 0.2) is 9.84 Å². The van der Waals surface area contributed by atoms with Gasteiger partial charge in [0.2, 0.25) is 0 Å². The Morgan fingerprint density at radius 2 is 1.76 bits per heavy atom. The summed E-state index contributed by atoms with van der Waals surface area (Å²) in [6.45, 7) is 1.13. The molecule has 1 aliphatic heterocycles. The minimum atomic E-state index is -3.19. The highest BCUT2D eigenvalue weighted by atomic mass is 35.5. The fourth-order valence-corrected chi connectivity index (χ4v) is 4.26. The Balaban J connectivity index is 2.04. The topological polar surface area (TPSA) is 111 Å². The van der Waals surface area contributed by atoms with Crippen molar-refractivity contribution < 1.29 is 32.5 Å². The van der Waals surface area contributed by atoms with E-state index in [9.17, 15) is 13.2 Å². The molecule has 0 aromatic heterocycles. The van der Waals surface area contributed by atoms with Crippen molar-refractivity contribution in [1.29, 1.82) is 0 Å². The summed E-state index contributed by atoms with van der Waals surface area (Å²) in [6.07, 6.45) is -0.720. The van der Waals surface area contributed by atoms with Crippen LogP contribution in [0.3, 0.4) is 0 Å². The number of rotatable bonds is 9. The van der Waals surface area contributed by atoms with Crippen LogP contribution in [-0.4, -0.2) is 82.2 Å². The van der Waals surface area contributed by atoms with Crippen LogP contribution < -0.4 is 5.32 Å². The van der Waals surface area contributed by atoms with Gasteiger partial charge >= 0.3 is 6.09 Å². The normalized spacial score (nSPS) is 23.9. The maximum atomic E-state index is 11.4. The molecule has 0 aromatic carbocycles. The summed E-state index contributed by atoms with van der Waals surface area (Å²) in [4.78, 5) is 11.4. The van der Waals surface area contributed by atoms with Crippen LogP contribution in [0.2, 0.25) is 0 Å². The van der Waals surface area contributed by atoms with Crippen LogP contribution >= 0.6 is 11.6 Å². The van der Waals surface area contributed by atoms with Gasteiger partial charge in [0.1, 0.15) is 6.61 Å². The molecule has 124 valence electrons. The second kappa shape index (κ2) is 9.42. The van der Waals surface area contributed by atoms with E-state index >= 15 is 0 Å². The molecule has 1 fully saturated rings. The number of hydrogen-bond donors (Lipinski definition) is 2. The van der Waals surface area contributed by atoms with Crippen LogP contribution in [0.25, 0.3) is 0 Å². The predicted molar refractivity (Wildman–Crippen MR) is 75.3 cm³/mol. The van der Waals surface area contributed by atoms with Crippen molar-refractivity contribution in [3.63, 3.8) is 0 Å². The van der Waals surface area contributed by atoms with Gasteiger partial charge in [-0.3, -0.25) is 0 Å². The number of aliphatic hydroxyl groups is 1. The first-order valence-corrected chi connectivity index (χ1v) is 8.74. The molecule has 0 bridgehead atoms. The fourth-order valence-electron chi connectivity index (χ4n) is 1.71. The van der Waals surface area contributed by atoms with Crippen molar-refractivity contribution in [2.75, 3.05) is 51.1 Å². The molecule has 0 aliphatic carbocycles. The summed E-state index contributed by atoms with van der Waals surface area (Å²) in [5.41, 5.74) is 0. The summed E-state index contributed by atoms with van der Waals surface area (Å²) < 4.78 is 37.6. The number of amides is 1. The third-order valence-electron chi connectivity index (χ3n) is 2.65. The molecule has 1 saturated heterocycles. The Bertz CT molecular complexity index is 417. The molecule has 0 radical (unpaired) electrons. The number of halogens is 1. The van der Waals surface area contributed by atoms with Crippen LogP contribution in [-0.2, 0) is 24.0 Å². The maximum absolute atomic E-state index is 11.4. The van der Waals surface area contributed by atoms with Gasteiger partial charge in [-0.15, -0.1) is 11.6 Å². The lowest BCUT2D eigenvalue weighted by Crippen LogP contribution is -2.41. The summed E-state index contributed by atoms with van der Waals surface area (Å²) in [5, 5.41) is 10.2. The van der Waals surface area contributed by atoms with E-state index in [4.69, 9.17) is 30.9 Å². The molecule has 0 saturated carbocycles. The third kappa shape index (κ3) is 7.82. The second-order valence-electron chi connectivity index (χ2n) is 4.43. The zero-order valence-corrected chi connectivity index (χ0v) is 13.1. The average molecular weight is 346 g/mol. The van der Waals surface area contributed by atoms with E-state index < -0.39 is 27.3 Å². The molecule has 2 unspecified atom stereocenters. The van der Waals surface area contributed by atoms with Gasteiger partial charge in [0.05, 0.1) is 56.0 Å². The molecule has 21 heavy (non-hydrogen) atoms. The van der Waals surface area contributed by atoms with Crippen LogP contribution in [0, 0.1) is 0 Å². The molecule has 2 N–H and O–H groups in total. The number of ether oxygens (including phenoxy) is 3.